The molecule has 0 saturated heterocycles. The Labute approximate surface area is 131 Å². The lowest BCUT2D eigenvalue weighted by atomic mass is 9.95. The predicted molar refractivity (Wildman–Crippen MR) is 90.6 cm³/mol. The van der Waals surface area contributed by atoms with Crippen LogP contribution >= 0.6 is 11.6 Å². The van der Waals surface area contributed by atoms with E-state index in [1.54, 1.807) is 0 Å². The summed E-state index contributed by atoms with van der Waals surface area (Å²) in [7, 11) is 1.96. The Bertz CT molecular complexity index is 639. The molecule has 3 rings (SSSR count). The highest BCUT2D eigenvalue weighted by Gasteiger charge is 2.26. The molecule has 1 unspecified atom stereocenters. The zero-order valence-electron chi connectivity index (χ0n) is 12.6. The molecule has 0 bridgehead atoms. The van der Waals surface area contributed by atoms with E-state index in [0.717, 1.165) is 18.0 Å². The van der Waals surface area contributed by atoms with E-state index in [2.05, 4.69) is 47.5 Å². The van der Waals surface area contributed by atoms with Crippen LogP contribution in [0.5, 0.6) is 0 Å². The summed E-state index contributed by atoms with van der Waals surface area (Å²) in [6.07, 6.45) is 2.32. The highest BCUT2D eigenvalue weighted by Crippen LogP contribution is 2.39. The number of aryl methyl sites for hydroxylation is 1. The van der Waals surface area contributed by atoms with E-state index >= 15 is 0 Å². The molecule has 0 spiro atoms. The third kappa shape index (κ3) is 2.66. The van der Waals surface area contributed by atoms with Gasteiger partial charge in [-0.1, -0.05) is 35.9 Å². The Morgan fingerprint density at radius 2 is 1.90 bits per heavy atom. The quantitative estimate of drug-likeness (QED) is 0.896. The smallest absolute Gasteiger partial charge is 0.0474 e. The first-order valence-corrected chi connectivity index (χ1v) is 7.89. The number of rotatable bonds is 3. The zero-order valence-corrected chi connectivity index (χ0v) is 13.3. The summed E-state index contributed by atoms with van der Waals surface area (Å²) in [5.41, 5.74) is 5.13. The third-order valence-electron chi connectivity index (χ3n) is 4.23. The summed E-state index contributed by atoms with van der Waals surface area (Å²) in [5, 5.41) is 4.06. The minimum Gasteiger partial charge on any atom is -0.338 e. The molecule has 0 aromatic heterocycles. The van der Waals surface area contributed by atoms with Crippen molar-refractivity contribution in [2.45, 2.75) is 32.4 Å². The van der Waals surface area contributed by atoms with Gasteiger partial charge in [-0.15, -0.1) is 0 Å². The molecule has 2 nitrogen and oxygen atoms in total. The largest absolute Gasteiger partial charge is 0.338 e. The van der Waals surface area contributed by atoms with Crippen LogP contribution in [0.15, 0.2) is 42.5 Å². The van der Waals surface area contributed by atoms with Gasteiger partial charge in [0.15, 0.2) is 0 Å². The molecule has 1 atom stereocenters. The van der Waals surface area contributed by atoms with E-state index < -0.39 is 0 Å². The molecule has 0 saturated carbocycles. The fourth-order valence-corrected chi connectivity index (χ4v) is 3.42. The molecule has 1 aliphatic rings. The second-order valence-corrected chi connectivity index (χ2v) is 6.06. The lowest BCUT2D eigenvalue weighted by Crippen LogP contribution is -2.34. The van der Waals surface area contributed by atoms with Gasteiger partial charge in [0, 0.05) is 34.5 Å². The molecule has 3 heteroatoms. The fourth-order valence-electron chi connectivity index (χ4n) is 3.18. The fraction of sp³-hybridized carbons (Fsp3) is 0.333. The van der Waals surface area contributed by atoms with Gasteiger partial charge in [-0.3, -0.25) is 0 Å². The van der Waals surface area contributed by atoms with E-state index in [0.29, 0.717) is 6.04 Å². The Morgan fingerprint density at radius 1 is 1.14 bits per heavy atom. The van der Waals surface area contributed by atoms with Gasteiger partial charge in [0.05, 0.1) is 0 Å². The van der Waals surface area contributed by atoms with Crippen molar-refractivity contribution in [1.82, 2.24) is 5.32 Å². The lowest BCUT2D eigenvalue weighted by molar-refractivity contribution is 0.615. The molecular weight excluding hydrogens is 280 g/mol. The molecule has 1 aliphatic heterocycles. The number of fused-ring (bicyclic) bond motifs is 1. The van der Waals surface area contributed by atoms with Crippen molar-refractivity contribution < 1.29 is 0 Å². The second-order valence-electron chi connectivity index (χ2n) is 5.65. The van der Waals surface area contributed by atoms with Crippen LogP contribution in [-0.2, 0) is 13.0 Å². The summed E-state index contributed by atoms with van der Waals surface area (Å²) in [6.45, 7) is 3.07. The van der Waals surface area contributed by atoms with Crippen LogP contribution in [0, 0.1) is 0 Å². The van der Waals surface area contributed by atoms with Gasteiger partial charge in [-0.25, -0.2) is 0 Å². The number of para-hydroxylation sites is 1. The second kappa shape index (κ2) is 6.08. The van der Waals surface area contributed by atoms with Crippen molar-refractivity contribution in [3.05, 3.63) is 58.6 Å². The number of nitrogens with zero attached hydrogens (tertiary/aromatic N) is 1. The Hall–Kier alpha value is -1.51. The first-order valence-electron chi connectivity index (χ1n) is 7.51. The maximum absolute atomic E-state index is 6.44. The average molecular weight is 301 g/mol. The highest BCUT2D eigenvalue weighted by atomic mass is 35.5. The van der Waals surface area contributed by atoms with Crippen molar-refractivity contribution in [3.8, 4) is 0 Å². The molecule has 0 amide bonds. The standard InChI is InChI=1S/C18H21ClN2/c1-13-10-11-14-6-3-4-8-17(14)21(13)18-9-5-7-16(19)15(18)12-20-2/h3-9,13,20H,10-12H2,1-2H3. The van der Waals surface area contributed by atoms with Gasteiger partial charge in [0.1, 0.15) is 0 Å². The van der Waals surface area contributed by atoms with Crippen LogP contribution in [-0.4, -0.2) is 13.1 Å². The van der Waals surface area contributed by atoms with Crippen molar-refractivity contribution in [1.29, 1.82) is 0 Å². The number of nitrogens with one attached hydrogen (secondary N) is 1. The van der Waals surface area contributed by atoms with Gasteiger partial charge in [0.2, 0.25) is 0 Å². The maximum Gasteiger partial charge on any atom is 0.0474 e. The number of hydrogen-bond donors (Lipinski definition) is 1. The topological polar surface area (TPSA) is 15.3 Å². The molecule has 1 N–H and O–H groups in total. The van der Waals surface area contributed by atoms with Crippen molar-refractivity contribution >= 4 is 23.0 Å². The van der Waals surface area contributed by atoms with Crippen molar-refractivity contribution in [3.63, 3.8) is 0 Å². The van der Waals surface area contributed by atoms with Gasteiger partial charge in [-0.05, 0) is 50.6 Å². The van der Waals surface area contributed by atoms with Crippen LogP contribution in [0.4, 0.5) is 11.4 Å². The van der Waals surface area contributed by atoms with Crippen LogP contribution in [0.25, 0.3) is 0 Å². The SMILES string of the molecule is CNCc1c(Cl)cccc1N1c2ccccc2CCC1C. The molecule has 2 aromatic carbocycles. The molecule has 1 heterocycles. The minimum absolute atomic E-state index is 0.481. The molecule has 0 aliphatic carbocycles. The van der Waals surface area contributed by atoms with E-state index in [9.17, 15) is 0 Å². The van der Waals surface area contributed by atoms with Crippen molar-refractivity contribution in [2.75, 3.05) is 11.9 Å². The van der Waals surface area contributed by atoms with E-state index in [1.807, 2.05) is 19.2 Å². The summed E-state index contributed by atoms with van der Waals surface area (Å²) >= 11 is 6.44. The highest BCUT2D eigenvalue weighted by molar-refractivity contribution is 6.31. The van der Waals surface area contributed by atoms with Gasteiger partial charge in [-0.2, -0.15) is 0 Å². The van der Waals surface area contributed by atoms with E-state index in [1.165, 1.54) is 28.9 Å². The zero-order chi connectivity index (χ0) is 14.8. The molecule has 2 aromatic rings. The number of hydrogen-bond acceptors (Lipinski definition) is 2. The average Bonchev–Trinajstić information content (AvgIpc) is 2.50. The molecular formula is C18H21ClN2. The van der Waals surface area contributed by atoms with Gasteiger partial charge >= 0.3 is 0 Å². The van der Waals surface area contributed by atoms with Gasteiger partial charge in [0.25, 0.3) is 0 Å². The first-order chi connectivity index (χ1) is 10.2. The Balaban J connectivity index is 2.14. The molecule has 0 radical (unpaired) electrons. The molecule has 110 valence electrons. The Morgan fingerprint density at radius 3 is 2.71 bits per heavy atom. The summed E-state index contributed by atoms with van der Waals surface area (Å²) in [4.78, 5) is 2.44. The lowest BCUT2D eigenvalue weighted by Gasteiger charge is -2.38. The summed E-state index contributed by atoms with van der Waals surface area (Å²) in [6, 6.07) is 15.4. The number of benzene rings is 2. The van der Waals surface area contributed by atoms with Crippen LogP contribution in [0.1, 0.15) is 24.5 Å². The van der Waals surface area contributed by atoms with Gasteiger partial charge < -0.3 is 10.2 Å². The third-order valence-corrected chi connectivity index (χ3v) is 4.58. The first kappa shape index (κ1) is 14.4. The molecule has 21 heavy (non-hydrogen) atoms. The number of anilines is 2. The monoisotopic (exact) mass is 300 g/mol. The minimum atomic E-state index is 0.481. The van der Waals surface area contributed by atoms with E-state index in [4.69, 9.17) is 11.6 Å². The Kier molecular flexibility index (Phi) is 4.18. The van der Waals surface area contributed by atoms with Crippen LogP contribution < -0.4 is 10.2 Å². The maximum atomic E-state index is 6.44. The van der Waals surface area contributed by atoms with Crippen molar-refractivity contribution in [2.24, 2.45) is 0 Å². The summed E-state index contributed by atoms with van der Waals surface area (Å²) < 4.78 is 0. The normalized spacial score (nSPS) is 17.7. The summed E-state index contributed by atoms with van der Waals surface area (Å²) in [5.74, 6) is 0. The van der Waals surface area contributed by atoms with E-state index in [-0.39, 0.29) is 0 Å². The molecule has 0 fully saturated rings. The predicted octanol–water partition coefficient (Wildman–Crippen LogP) is 4.53. The number of halogens is 1. The van der Waals surface area contributed by atoms with Crippen LogP contribution in [0.2, 0.25) is 5.02 Å². The van der Waals surface area contributed by atoms with Crippen LogP contribution in [0.3, 0.4) is 0 Å².